The van der Waals surface area contributed by atoms with Crippen LogP contribution in [-0.4, -0.2) is 9.97 Å². The van der Waals surface area contributed by atoms with Gasteiger partial charge in [0, 0.05) is 11.3 Å². The fourth-order valence-corrected chi connectivity index (χ4v) is 2.52. The van der Waals surface area contributed by atoms with Gasteiger partial charge in [-0.2, -0.15) is 0 Å². The van der Waals surface area contributed by atoms with Gasteiger partial charge in [-0.25, -0.2) is 9.97 Å². The highest BCUT2D eigenvalue weighted by Crippen LogP contribution is 2.26. The zero-order valence-electron chi connectivity index (χ0n) is 12.5. The molecular formula is C19H17N3. The van der Waals surface area contributed by atoms with Crippen molar-refractivity contribution in [1.29, 1.82) is 0 Å². The quantitative estimate of drug-likeness (QED) is 0.723. The number of rotatable bonds is 3. The maximum Gasteiger partial charge on any atom is 0.0922 e. The molecule has 0 saturated carbocycles. The summed E-state index contributed by atoms with van der Waals surface area (Å²) in [6.07, 6.45) is 3.64. The number of fused-ring (bicyclic) bond motifs is 1. The van der Waals surface area contributed by atoms with E-state index < -0.39 is 0 Å². The number of hydrogen-bond acceptors (Lipinski definition) is 3. The zero-order chi connectivity index (χ0) is 15.7. The molecule has 0 aliphatic carbocycles. The Morgan fingerprint density at radius 2 is 1.68 bits per heavy atom. The molecule has 22 heavy (non-hydrogen) atoms. The molecule has 108 valence electrons. The lowest BCUT2D eigenvalue weighted by atomic mass is 10.0. The lowest BCUT2D eigenvalue weighted by molar-refractivity contribution is 1.19. The maximum absolute atomic E-state index is 5.84. The van der Waals surface area contributed by atoms with Gasteiger partial charge in [0.15, 0.2) is 0 Å². The molecule has 1 aromatic heterocycles. The lowest BCUT2D eigenvalue weighted by Gasteiger charge is -2.09. The second-order valence-corrected chi connectivity index (χ2v) is 5.16. The van der Waals surface area contributed by atoms with Crippen LogP contribution in [0.15, 0.2) is 49.6 Å². The Labute approximate surface area is 129 Å². The molecule has 0 fully saturated rings. The summed E-state index contributed by atoms with van der Waals surface area (Å²) in [5, 5.41) is 0. The standard InChI is InChI=1S/C19H17N3/c1-4-13-6-7-15(10-14(13)5-2)19-12(3)21-17-9-8-16(20)11-18(17)22-19/h4-11H,1-2,20H2,3H3. The van der Waals surface area contributed by atoms with Gasteiger partial charge >= 0.3 is 0 Å². The summed E-state index contributed by atoms with van der Waals surface area (Å²) < 4.78 is 0. The van der Waals surface area contributed by atoms with Gasteiger partial charge < -0.3 is 5.73 Å². The van der Waals surface area contributed by atoms with Crippen molar-refractivity contribution in [2.75, 3.05) is 5.73 Å². The Hall–Kier alpha value is -2.94. The zero-order valence-corrected chi connectivity index (χ0v) is 12.5. The van der Waals surface area contributed by atoms with Crippen molar-refractivity contribution in [3.8, 4) is 11.3 Å². The van der Waals surface area contributed by atoms with Crippen molar-refractivity contribution < 1.29 is 0 Å². The van der Waals surface area contributed by atoms with Crippen LogP contribution in [0.1, 0.15) is 16.8 Å². The van der Waals surface area contributed by atoms with E-state index in [1.54, 1.807) is 0 Å². The number of anilines is 1. The highest BCUT2D eigenvalue weighted by molar-refractivity contribution is 5.82. The molecule has 3 rings (SSSR count). The van der Waals surface area contributed by atoms with Crippen LogP contribution in [0, 0.1) is 6.92 Å². The van der Waals surface area contributed by atoms with Crippen LogP contribution >= 0.6 is 0 Å². The number of nitrogens with zero attached hydrogens (tertiary/aromatic N) is 2. The van der Waals surface area contributed by atoms with E-state index in [0.717, 1.165) is 39.1 Å². The third kappa shape index (κ3) is 2.37. The number of aromatic nitrogens is 2. The Bertz CT molecular complexity index is 895. The molecule has 3 aromatic rings. The fourth-order valence-electron chi connectivity index (χ4n) is 2.52. The Kier molecular flexibility index (Phi) is 3.47. The van der Waals surface area contributed by atoms with E-state index in [1.807, 2.05) is 49.4 Å². The van der Waals surface area contributed by atoms with E-state index in [1.165, 1.54) is 0 Å². The first kappa shape index (κ1) is 14.0. The summed E-state index contributed by atoms with van der Waals surface area (Å²) in [6.45, 7) is 9.64. The Morgan fingerprint density at radius 1 is 0.909 bits per heavy atom. The van der Waals surface area contributed by atoms with Crippen LogP contribution < -0.4 is 5.73 Å². The second-order valence-electron chi connectivity index (χ2n) is 5.16. The summed E-state index contributed by atoms with van der Waals surface area (Å²) in [7, 11) is 0. The Balaban J connectivity index is 2.23. The maximum atomic E-state index is 5.84. The monoisotopic (exact) mass is 287 g/mol. The molecule has 0 spiro atoms. The highest BCUT2D eigenvalue weighted by Gasteiger charge is 2.09. The van der Waals surface area contributed by atoms with E-state index in [2.05, 4.69) is 24.2 Å². The average molecular weight is 287 g/mol. The number of hydrogen-bond donors (Lipinski definition) is 1. The molecule has 0 bridgehead atoms. The van der Waals surface area contributed by atoms with E-state index in [4.69, 9.17) is 10.7 Å². The van der Waals surface area contributed by atoms with Crippen LogP contribution in [0.2, 0.25) is 0 Å². The number of aryl methyl sites for hydroxylation is 1. The van der Waals surface area contributed by atoms with Crippen LogP contribution in [0.25, 0.3) is 34.4 Å². The minimum atomic E-state index is 0.686. The minimum absolute atomic E-state index is 0.686. The molecule has 0 radical (unpaired) electrons. The summed E-state index contributed by atoms with van der Waals surface area (Å²) >= 11 is 0. The van der Waals surface area contributed by atoms with E-state index in [0.29, 0.717) is 5.69 Å². The first-order chi connectivity index (χ1) is 10.6. The number of nitrogen functional groups attached to an aromatic ring is 1. The van der Waals surface area contributed by atoms with Crippen LogP contribution in [-0.2, 0) is 0 Å². The van der Waals surface area contributed by atoms with Gasteiger partial charge in [-0.3, -0.25) is 0 Å². The van der Waals surface area contributed by atoms with E-state index in [-0.39, 0.29) is 0 Å². The summed E-state index contributed by atoms with van der Waals surface area (Å²) in [6, 6.07) is 11.7. The number of nitrogens with two attached hydrogens (primary N) is 1. The van der Waals surface area contributed by atoms with Crippen LogP contribution in [0.4, 0.5) is 5.69 Å². The van der Waals surface area contributed by atoms with Gasteiger partial charge in [0.1, 0.15) is 0 Å². The van der Waals surface area contributed by atoms with Crippen LogP contribution in [0.3, 0.4) is 0 Å². The minimum Gasteiger partial charge on any atom is -0.399 e. The van der Waals surface area contributed by atoms with Crippen molar-refractivity contribution in [2.24, 2.45) is 0 Å². The lowest BCUT2D eigenvalue weighted by Crippen LogP contribution is -1.96. The molecule has 0 saturated heterocycles. The van der Waals surface area contributed by atoms with Crippen molar-refractivity contribution in [2.45, 2.75) is 6.92 Å². The molecule has 2 N–H and O–H groups in total. The summed E-state index contributed by atoms with van der Waals surface area (Å²) in [5.41, 5.74) is 13.0. The molecule has 0 aliphatic heterocycles. The van der Waals surface area contributed by atoms with Crippen molar-refractivity contribution in [3.05, 3.63) is 66.4 Å². The second kappa shape index (κ2) is 5.45. The normalized spacial score (nSPS) is 10.6. The van der Waals surface area contributed by atoms with Gasteiger partial charge in [0.05, 0.1) is 22.4 Å². The molecule has 3 heteroatoms. The first-order valence-electron chi connectivity index (χ1n) is 7.05. The largest absolute Gasteiger partial charge is 0.399 e. The van der Waals surface area contributed by atoms with Crippen molar-refractivity contribution in [1.82, 2.24) is 9.97 Å². The molecule has 2 aromatic carbocycles. The SMILES string of the molecule is C=Cc1ccc(-c2nc3cc(N)ccc3nc2C)cc1C=C. The Morgan fingerprint density at radius 3 is 2.41 bits per heavy atom. The smallest absolute Gasteiger partial charge is 0.0922 e. The van der Waals surface area contributed by atoms with E-state index >= 15 is 0 Å². The topological polar surface area (TPSA) is 51.8 Å². The van der Waals surface area contributed by atoms with Crippen molar-refractivity contribution >= 4 is 28.9 Å². The summed E-state index contributed by atoms with van der Waals surface area (Å²) in [4.78, 5) is 9.36. The predicted molar refractivity (Wildman–Crippen MR) is 94.3 cm³/mol. The molecule has 3 nitrogen and oxygen atoms in total. The summed E-state index contributed by atoms with van der Waals surface area (Å²) in [5.74, 6) is 0. The van der Waals surface area contributed by atoms with Gasteiger partial charge in [-0.05, 0) is 42.3 Å². The third-order valence-electron chi connectivity index (χ3n) is 3.66. The predicted octanol–water partition coefficient (Wildman–Crippen LogP) is 4.47. The average Bonchev–Trinajstić information content (AvgIpc) is 2.54. The van der Waals surface area contributed by atoms with Gasteiger partial charge in [-0.15, -0.1) is 0 Å². The highest BCUT2D eigenvalue weighted by atomic mass is 14.8. The third-order valence-corrected chi connectivity index (χ3v) is 3.66. The molecule has 0 amide bonds. The molecule has 1 heterocycles. The molecular weight excluding hydrogens is 270 g/mol. The molecule has 0 unspecified atom stereocenters. The number of benzene rings is 2. The molecule has 0 atom stereocenters. The first-order valence-corrected chi connectivity index (χ1v) is 7.05. The fraction of sp³-hybridized carbons (Fsp3) is 0.0526. The van der Waals surface area contributed by atoms with Crippen LogP contribution in [0.5, 0.6) is 0 Å². The van der Waals surface area contributed by atoms with E-state index in [9.17, 15) is 0 Å². The van der Waals surface area contributed by atoms with Gasteiger partial charge in [0.25, 0.3) is 0 Å². The van der Waals surface area contributed by atoms with Gasteiger partial charge in [0.2, 0.25) is 0 Å². The molecule has 0 aliphatic rings. The van der Waals surface area contributed by atoms with Gasteiger partial charge in [-0.1, -0.05) is 37.4 Å². The van der Waals surface area contributed by atoms with Crippen molar-refractivity contribution in [3.63, 3.8) is 0 Å².